The van der Waals surface area contributed by atoms with Gasteiger partial charge in [-0.3, -0.25) is 9.59 Å². The van der Waals surface area contributed by atoms with Crippen LogP contribution < -0.4 is 10.1 Å². The molecule has 1 aliphatic rings. The molecule has 39 heavy (non-hydrogen) atoms. The standard InChI is InChI=1S/C30H34IN3O5/c1-19(2)15-28(36)34(13-11-22-16-20-7-3-5-9-24(20)33-22)25-17-21(30(38)32-12-14-35)18-27(29(25)37)39-26-10-6-4-8-23(26)31/h3-10,15-16,18,25,27,29,33,35,37H,11-14,17H2,1-2H3,(H,32,38). The zero-order valence-corrected chi connectivity index (χ0v) is 24.2. The first-order valence-electron chi connectivity index (χ1n) is 13.0. The van der Waals surface area contributed by atoms with E-state index < -0.39 is 18.2 Å². The lowest BCUT2D eigenvalue weighted by Gasteiger charge is -2.40. The predicted octanol–water partition coefficient (Wildman–Crippen LogP) is 3.73. The van der Waals surface area contributed by atoms with Crippen LogP contribution in [0.4, 0.5) is 0 Å². The van der Waals surface area contributed by atoms with Gasteiger partial charge in [-0.1, -0.05) is 35.9 Å². The highest BCUT2D eigenvalue weighted by molar-refractivity contribution is 14.1. The summed E-state index contributed by atoms with van der Waals surface area (Å²) in [4.78, 5) is 31.5. The van der Waals surface area contributed by atoms with Crippen LogP contribution in [0.25, 0.3) is 10.9 Å². The molecule has 0 radical (unpaired) electrons. The minimum atomic E-state index is -1.08. The molecule has 1 aliphatic carbocycles. The number of H-pyrrole nitrogens is 1. The number of carbonyl (C=O) groups is 2. The third-order valence-electron chi connectivity index (χ3n) is 6.62. The quantitative estimate of drug-likeness (QED) is 0.199. The zero-order chi connectivity index (χ0) is 27.9. The molecule has 0 aliphatic heterocycles. The second kappa shape index (κ2) is 13.3. The fourth-order valence-electron chi connectivity index (χ4n) is 4.74. The van der Waals surface area contributed by atoms with E-state index in [1.54, 1.807) is 23.1 Å². The van der Waals surface area contributed by atoms with Crippen LogP contribution in [0.1, 0.15) is 26.0 Å². The molecule has 0 saturated carbocycles. The Balaban J connectivity index is 1.65. The largest absolute Gasteiger partial charge is 0.482 e. The maximum atomic E-state index is 13.5. The normalized spacial score (nSPS) is 18.8. The molecule has 3 unspecified atom stereocenters. The molecule has 3 aromatic rings. The van der Waals surface area contributed by atoms with Crippen LogP contribution in [0.5, 0.6) is 5.75 Å². The van der Waals surface area contributed by atoms with E-state index in [0.717, 1.165) is 25.7 Å². The van der Waals surface area contributed by atoms with Gasteiger partial charge in [-0.2, -0.15) is 0 Å². The molecule has 2 aromatic carbocycles. The third kappa shape index (κ3) is 7.28. The number of para-hydroxylation sites is 2. The van der Waals surface area contributed by atoms with Gasteiger partial charge in [-0.15, -0.1) is 0 Å². The van der Waals surface area contributed by atoms with Crippen molar-refractivity contribution in [1.29, 1.82) is 0 Å². The Morgan fingerprint density at radius 3 is 2.64 bits per heavy atom. The number of aromatic amines is 1. The third-order valence-corrected chi connectivity index (χ3v) is 7.51. The lowest BCUT2D eigenvalue weighted by molar-refractivity contribution is -0.133. The number of aliphatic hydroxyl groups excluding tert-OH is 2. The summed E-state index contributed by atoms with van der Waals surface area (Å²) in [5.74, 6) is -0.0165. The van der Waals surface area contributed by atoms with Gasteiger partial charge in [0.2, 0.25) is 11.8 Å². The van der Waals surface area contributed by atoms with E-state index in [9.17, 15) is 19.8 Å². The Morgan fingerprint density at radius 1 is 1.18 bits per heavy atom. The number of ether oxygens (including phenoxy) is 1. The van der Waals surface area contributed by atoms with Crippen LogP contribution in [-0.4, -0.2) is 69.9 Å². The van der Waals surface area contributed by atoms with Gasteiger partial charge in [0, 0.05) is 48.8 Å². The van der Waals surface area contributed by atoms with E-state index in [-0.39, 0.29) is 31.4 Å². The summed E-state index contributed by atoms with van der Waals surface area (Å²) < 4.78 is 7.07. The minimum absolute atomic E-state index is 0.103. The van der Waals surface area contributed by atoms with Crippen molar-refractivity contribution in [2.75, 3.05) is 19.7 Å². The first kappa shape index (κ1) is 28.8. The number of halogens is 1. The fourth-order valence-corrected chi connectivity index (χ4v) is 5.26. The average Bonchev–Trinajstić information content (AvgIpc) is 3.33. The average molecular weight is 644 g/mol. The molecule has 2 amide bonds. The number of benzene rings is 2. The van der Waals surface area contributed by atoms with Crippen LogP contribution >= 0.6 is 22.6 Å². The number of hydrogen-bond acceptors (Lipinski definition) is 5. The second-order valence-corrected chi connectivity index (χ2v) is 11.0. The highest BCUT2D eigenvalue weighted by atomic mass is 127. The Bertz CT molecular complexity index is 1340. The molecule has 8 nitrogen and oxygen atoms in total. The van der Waals surface area contributed by atoms with Crippen LogP contribution in [0, 0.1) is 3.57 Å². The Hall–Kier alpha value is -3.15. The summed E-state index contributed by atoms with van der Waals surface area (Å²) in [7, 11) is 0. The molecular weight excluding hydrogens is 609 g/mol. The molecule has 206 valence electrons. The number of nitrogens with one attached hydrogen (secondary N) is 2. The van der Waals surface area contributed by atoms with Gasteiger partial charge in [0.25, 0.3) is 0 Å². The molecule has 4 rings (SSSR count). The Kier molecular flexibility index (Phi) is 9.82. The number of rotatable bonds is 10. The number of aliphatic hydroxyl groups is 2. The van der Waals surface area contributed by atoms with Gasteiger partial charge >= 0.3 is 0 Å². The van der Waals surface area contributed by atoms with Crippen molar-refractivity contribution in [3.8, 4) is 5.75 Å². The monoisotopic (exact) mass is 643 g/mol. The van der Waals surface area contributed by atoms with Gasteiger partial charge < -0.3 is 30.2 Å². The van der Waals surface area contributed by atoms with Gasteiger partial charge in [0.05, 0.1) is 16.2 Å². The van der Waals surface area contributed by atoms with Crippen molar-refractivity contribution >= 4 is 45.3 Å². The van der Waals surface area contributed by atoms with Crippen LogP contribution in [0.15, 0.2) is 77.9 Å². The number of allylic oxidation sites excluding steroid dienone is 1. The molecule has 3 atom stereocenters. The van der Waals surface area contributed by atoms with Crippen molar-refractivity contribution < 1.29 is 24.5 Å². The van der Waals surface area contributed by atoms with Crippen molar-refractivity contribution in [2.45, 2.75) is 44.9 Å². The minimum Gasteiger partial charge on any atom is -0.482 e. The summed E-state index contributed by atoms with van der Waals surface area (Å²) in [5, 5.41) is 24.5. The van der Waals surface area contributed by atoms with Crippen molar-refractivity contribution in [2.24, 2.45) is 0 Å². The SMILES string of the molecule is CC(C)=CC(=O)N(CCc1cc2ccccc2[nH]1)C1CC(C(=O)NCCO)=CC(Oc2ccccc2I)C1O. The fraction of sp³-hybridized carbons (Fsp3) is 0.333. The van der Waals surface area contributed by atoms with Gasteiger partial charge in [-0.05, 0) is 72.2 Å². The number of amides is 2. The predicted molar refractivity (Wildman–Crippen MR) is 159 cm³/mol. The lowest BCUT2D eigenvalue weighted by Crippen LogP contribution is -2.55. The maximum Gasteiger partial charge on any atom is 0.247 e. The summed E-state index contributed by atoms with van der Waals surface area (Å²) in [6.07, 6.45) is 1.94. The number of hydrogen-bond donors (Lipinski definition) is 4. The first-order chi connectivity index (χ1) is 18.8. The van der Waals surface area contributed by atoms with Crippen LogP contribution in [0.3, 0.4) is 0 Å². The summed E-state index contributed by atoms with van der Waals surface area (Å²) in [6.45, 7) is 3.94. The molecular formula is C30H34IN3O5. The summed E-state index contributed by atoms with van der Waals surface area (Å²) >= 11 is 2.16. The molecule has 1 heterocycles. The number of fused-ring (bicyclic) bond motifs is 1. The zero-order valence-electron chi connectivity index (χ0n) is 22.1. The van der Waals surface area contributed by atoms with E-state index >= 15 is 0 Å². The van der Waals surface area contributed by atoms with Crippen molar-refractivity contribution in [1.82, 2.24) is 15.2 Å². The number of carbonyl (C=O) groups excluding carboxylic acids is 2. The molecule has 1 aromatic heterocycles. The molecule has 9 heteroatoms. The van der Waals surface area contributed by atoms with E-state index in [1.807, 2.05) is 56.3 Å². The van der Waals surface area contributed by atoms with Crippen molar-refractivity contribution in [3.05, 3.63) is 87.2 Å². The molecule has 0 spiro atoms. The van der Waals surface area contributed by atoms with Gasteiger partial charge in [0.1, 0.15) is 18.0 Å². The van der Waals surface area contributed by atoms with Gasteiger partial charge in [0.15, 0.2) is 0 Å². The molecule has 0 saturated heterocycles. The van der Waals surface area contributed by atoms with Crippen LogP contribution in [-0.2, 0) is 16.0 Å². The van der Waals surface area contributed by atoms with E-state index in [0.29, 0.717) is 24.3 Å². The highest BCUT2D eigenvalue weighted by Gasteiger charge is 2.40. The lowest BCUT2D eigenvalue weighted by atomic mass is 9.88. The smallest absolute Gasteiger partial charge is 0.247 e. The van der Waals surface area contributed by atoms with Gasteiger partial charge in [-0.25, -0.2) is 0 Å². The second-order valence-electron chi connectivity index (χ2n) is 9.83. The highest BCUT2D eigenvalue weighted by Crippen LogP contribution is 2.30. The summed E-state index contributed by atoms with van der Waals surface area (Å²) in [6, 6.07) is 16.8. The summed E-state index contributed by atoms with van der Waals surface area (Å²) in [5.41, 5.74) is 3.22. The molecule has 4 N–H and O–H groups in total. The Labute approximate surface area is 241 Å². The van der Waals surface area contributed by atoms with Crippen LogP contribution in [0.2, 0.25) is 0 Å². The number of aromatic nitrogens is 1. The topological polar surface area (TPSA) is 115 Å². The molecule has 0 bridgehead atoms. The Morgan fingerprint density at radius 2 is 1.92 bits per heavy atom. The van der Waals surface area contributed by atoms with E-state index in [1.165, 1.54) is 0 Å². The van der Waals surface area contributed by atoms with Crippen molar-refractivity contribution in [3.63, 3.8) is 0 Å². The van der Waals surface area contributed by atoms with E-state index in [4.69, 9.17) is 4.74 Å². The first-order valence-corrected chi connectivity index (χ1v) is 14.1. The van der Waals surface area contributed by atoms with E-state index in [2.05, 4.69) is 39.0 Å². The maximum absolute atomic E-state index is 13.5. The number of nitrogens with zero attached hydrogens (tertiary/aromatic N) is 1. The molecule has 0 fully saturated rings.